The Balaban J connectivity index is 4.06. The Bertz CT molecular complexity index is 915. The average molecular weight is 480 g/mol. The van der Waals surface area contributed by atoms with Gasteiger partial charge in [-0.1, -0.05) is 0 Å². The second kappa shape index (κ2) is 7.95. The Morgan fingerprint density at radius 1 is 0.935 bits per heavy atom. The van der Waals surface area contributed by atoms with Gasteiger partial charge in [-0.3, -0.25) is 19.2 Å². The quantitative estimate of drug-likeness (QED) is 0.220. The van der Waals surface area contributed by atoms with Crippen molar-refractivity contribution in [2.45, 2.75) is 68.5 Å². The first-order chi connectivity index (χ1) is 13.6. The van der Waals surface area contributed by atoms with Crippen molar-refractivity contribution in [1.29, 1.82) is 0 Å². The van der Waals surface area contributed by atoms with Crippen LogP contribution in [0.2, 0.25) is 0 Å². The lowest BCUT2D eigenvalue weighted by molar-refractivity contribution is -0.366. The Morgan fingerprint density at radius 3 is 1.65 bits per heavy atom. The van der Waals surface area contributed by atoms with Crippen molar-refractivity contribution >= 4 is 33.3 Å². The number of carbonyl (C=O) groups is 4. The average Bonchev–Trinajstić information content (AvgIpc) is 2.59. The Kier molecular flexibility index (Phi) is 6.98. The van der Waals surface area contributed by atoms with Gasteiger partial charge >= 0.3 is 15.6 Å². The van der Waals surface area contributed by atoms with Gasteiger partial charge in [-0.2, -0.15) is 21.6 Å². The van der Waals surface area contributed by atoms with Crippen molar-refractivity contribution < 1.29 is 70.1 Å². The smallest absolute Gasteiger partial charge is 0.382 e. The predicted molar refractivity (Wildman–Crippen MR) is 88.3 cm³/mol. The van der Waals surface area contributed by atoms with E-state index in [1.54, 1.807) is 0 Å². The summed E-state index contributed by atoms with van der Waals surface area (Å²) in [4.78, 5) is 48.1. The molecule has 178 valence electrons. The third-order valence-corrected chi connectivity index (χ3v) is 5.83. The van der Waals surface area contributed by atoms with Crippen LogP contribution in [0.3, 0.4) is 0 Å². The molecule has 1 fully saturated rings. The third kappa shape index (κ3) is 3.92. The van der Waals surface area contributed by atoms with E-state index in [1.165, 1.54) is 0 Å². The van der Waals surface area contributed by atoms with E-state index in [-0.39, 0.29) is 0 Å². The summed E-state index contributed by atoms with van der Waals surface area (Å²) < 4.78 is 70.0. The molecule has 16 heteroatoms. The molecule has 12 nitrogen and oxygen atoms in total. The number of hydrogen-bond donors (Lipinski definition) is 4. The van der Waals surface area contributed by atoms with E-state index < -0.39 is 74.1 Å². The molecule has 0 aliphatic carbocycles. The van der Waals surface area contributed by atoms with Gasteiger partial charge < -0.3 is 25.2 Å². The number of halogens is 3. The molecule has 0 aromatic carbocycles. The largest absolute Gasteiger partial charge is 0.523 e. The van der Waals surface area contributed by atoms with E-state index in [0.717, 1.165) is 0 Å². The van der Waals surface area contributed by atoms with Crippen LogP contribution in [0, 0.1) is 0 Å². The first-order valence-corrected chi connectivity index (χ1v) is 9.59. The van der Waals surface area contributed by atoms with Gasteiger partial charge in [-0.15, -0.1) is 0 Å². The highest BCUT2D eigenvalue weighted by Gasteiger charge is 2.78. The van der Waals surface area contributed by atoms with Crippen molar-refractivity contribution in [2.75, 3.05) is 0 Å². The van der Waals surface area contributed by atoms with Crippen molar-refractivity contribution in [1.82, 2.24) is 0 Å². The summed E-state index contributed by atoms with van der Waals surface area (Å²) >= 11 is 0. The van der Waals surface area contributed by atoms with Gasteiger partial charge in [-0.25, -0.2) is 4.18 Å². The lowest BCUT2D eigenvalue weighted by Crippen LogP contribution is -2.85. The van der Waals surface area contributed by atoms with Gasteiger partial charge in [0.15, 0.2) is 40.4 Å². The molecule has 0 bridgehead atoms. The maximum absolute atomic E-state index is 12.9. The lowest BCUT2D eigenvalue weighted by Gasteiger charge is -2.56. The van der Waals surface area contributed by atoms with Gasteiger partial charge in [0.05, 0.1) is 0 Å². The highest BCUT2D eigenvalue weighted by Crippen LogP contribution is 2.47. The number of ketones is 4. The SMILES string of the molecule is CC(=O)C(O)[C@H]1O[C@@](O)(C(C)=O)[C@@H](OS(=O)(=O)C(F)(F)F)[C@](O)(C(C)=O)[C@@]1(O)C(C)=O. The molecule has 1 rings (SSSR count). The van der Waals surface area contributed by atoms with Crippen LogP contribution < -0.4 is 0 Å². The zero-order valence-electron chi connectivity index (χ0n) is 16.3. The second-order valence-electron chi connectivity index (χ2n) is 6.87. The lowest BCUT2D eigenvalue weighted by atomic mass is 9.64. The predicted octanol–water partition coefficient (Wildman–Crippen LogP) is -2.51. The van der Waals surface area contributed by atoms with Crippen molar-refractivity contribution in [3.05, 3.63) is 0 Å². The number of rotatable bonds is 7. The van der Waals surface area contributed by atoms with Crippen LogP contribution in [0.5, 0.6) is 0 Å². The minimum atomic E-state index is -6.79. The molecular formula is C15H19F3O12S. The summed E-state index contributed by atoms with van der Waals surface area (Å²) in [6.07, 6.45) is -9.05. The topological polar surface area (TPSA) is 202 Å². The van der Waals surface area contributed by atoms with Crippen LogP contribution >= 0.6 is 0 Å². The molecule has 0 amide bonds. The summed E-state index contributed by atoms with van der Waals surface area (Å²) in [6.45, 7) is 1.83. The minimum Gasteiger partial charge on any atom is -0.382 e. The van der Waals surface area contributed by atoms with Crippen molar-refractivity contribution in [2.24, 2.45) is 0 Å². The first-order valence-electron chi connectivity index (χ1n) is 8.18. The molecule has 0 aromatic rings. The molecule has 0 radical (unpaired) electrons. The number of ether oxygens (including phenoxy) is 1. The molecule has 0 saturated carbocycles. The van der Waals surface area contributed by atoms with Crippen LogP contribution in [-0.2, 0) is 38.2 Å². The van der Waals surface area contributed by atoms with E-state index in [4.69, 9.17) is 0 Å². The summed E-state index contributed by atoms with van der Waals surface area (Å²) in [5, 5.41) is 42.4. The molecular weight excluding hydrogens is 461 g/mol. The van der Waals surface area contributed by atoms with Crippen LogP contribution in [0.25, 0.3) is 0 Å². The maximum atomic E-state index is 12.9. The summed E-state index contributed by atoms with van der Waals surface area (Å²) in [5.41, 5.74) is -14.2. The molecule has 4 N–H and O–H groups in total. The van der Waals surface area contributed by atoms with E-state index in [1.807, 2.05) is 0 Å². The van der Waals surface area contributed by atoms with Gasteiger partial charge in [0.2, 0.25) is 0 Å². The van der Waals surface area contributed by atoms with Crippen LogP contribution in [0.15, 0.2) is 0 Å². The van der Waals surface area contributed by atoms with Gasteiger partial charge in [0.25, 0.3) is 5.79 Å². The number of hydrogen-bond acceptors (Lipinski definition) is 12. The Morgan fingerprint density at radius 2 is 1.35 bits per heavy atom. The van der Waals surface area contributed by atoms with Crippen molar-refractivity contribution in [3.8, 4) is 0 Å². The first kappa shape index (κ1) is 27.2. The fourth-order valence-electron chi connectivity index (χ4n) is 3.05. The number of carbonyl (C=O) groups excluding carboxylic acids is 4. The molecule has 31 heavy (non-hydrogen) atoms. The molecule has 1 aliphatic heterocycles. The summed E-state index contributed by atoms with van der Waals surface area (Å²) in [5.74, 6) is -10.7. The van der Waals surface area contributed by atoms with Gasteiger partial charge in [0, 0.05) is 6.92 Å². The molecule has 1 saturated heterocycles. The van der Waals surface area contributed by atoms with Gasteiger partial charge in [0.1, 0.15) is 12.2 Å². The summed E-state index contributed by atoms with van der Waals surface area (Å²) in [7, 11) is -6.79. The van der Waals surface area contributed by atoms with E-state index in [9.17, 15) is 61.2 Å². The molecule has 0 spiro atoms. The molecule has 1 aliphatic rings. The number of aliphatic hydroxyl groups excluding tert-OH is 1. The van der Waals surface area contributed by atoms with Crippen LogP contribution in [-0.4, -0.2) is 92.8 Å². The third-order valence-electron chi connectivity index (χ3n) is 4.82. The minimum absolute atomic E-state index is 0.341. The standard InChI is InChI=1S/C15H19F3O12S/c1-5(19)9(23)10-12(24,6(2)20)13(25,7(3)21)11(14(26,29-10)8(4)22)30-31(27,28)15(16,17)18/h9-11,23-26H,1-4H3/t9?,10-,11+,12-,13-,14+/m1/s1. The number of aliphatic hydroxyl groups is 4. The molecule has 1 heterocycles. The second-order valence-corrected chi connectivity index (χ2v) is 8.43. The van der Waals surface area contributed by atoms with E-state index in [0.29, 0.717) is 27.7 Å². The van der Waals surface area contributed by atoms with Gasteiger partial charge in [-0.05, 0) is 20.8 Å². The molecule has 1 unspecified atom stereocenters. The monoisotopic (exact) mass is 480 g/mol. The van der Waals surface area contributed by atoms with E-state index >= 15 is 0 Å². The zero-order valence-corrected chi connectivity index (χ0v) is 17.1. The van der Waals surface area contributed by atoms with Crippen LogP contribution in [0.1, 0.15) is 27.7 Å². The maximum Gasteiger partial charge on any atom is 0.523 e. The molecule has 0 aromatic heterocycles. The van der Waals surface area contributed by atoms with E-state index in [2.05, 4.69) is 8.92 Å². The highest BCUT2D eigenvalue weighted by atomic mass is 32.2. The normalized spacial score (nSPS) is 35.3. The van der Waals surface area contributed by atoms with Crippen LogP contribution in [0.4, 0.5) is 13.2 Å². The Labute approximate surface area is 172 Å². The fraction of sp³-hybridized carbons (Fsp3) is 0.733. The zero-order chi connectivity index (χ0) is 25.0. The highest BCUT2D eigenvalue weighted by molar-refractivity contribution is 7.87. The van der Waals surface area contributed by atoms with Crippen molar-refractivity contribution in [3.63, 3.8) is 0 Å². The fourth-order valence-corrected chi connectivity index (χ4v) is 3.68. The Hall–Kier alpha value is -1.82. The summed E-state index contributed by atoms with van der Waals surface area (Å²) in [6, 6.07) is 0. The number of alkyl halides is 3. The number of Topliss-reactive ketones (excluding diaryl/α,β-unsaturated/α-hetero) is 4. The molecule has 6 atom stereocenters.